The average Bonchev–Trinajstić information content (AvgIpc) is 2.41. The SMILES string of the molecule is CCC(C)(CO)NC(=O)C(C)(C)Oc1ccc(Cl)cc1. The van der Waals surface area contributed by atoms with E-state index in [9.17, 15) is 9.90 Å². The minimum Gasteiger partial charge on any atom is -0.478 e. The van der Waals surface area contributed by atoms with Gasteiger partial charge in [-0.05, 0) is 51.5 Å². The molecule has 1 amide bonds. The third-order valence-electron chi connectivity index (χ3n) is 3.28. The highest BCUT2D eigenvalue weighted by atomic mass is 35.5. The van der Waals surface area contributed by atoms with Crippen LogP contribution in [-0.2, 0) is 4.79 Å². The van der Waals surface area contributed by atoms with Crippen molar-refractivity contribution in [1.29, 1.82) is 0 Å². The standard InChI is InChI=1S/C15H22ClNO3/c1-5-15(4,10-18)17-13(19)14(2,3)20-12-8-6-11(16)7-9-12/h6-9,18H,5,10H2,1-4H3,(H,17,19). The number of hydrogen-bond acceptors (Lipinski definition) is 3. The molecule has 0 aliphatic heterocycles. The van der Waals surface area contributed by atoms with Gasteiger partial charge in [-0.2, -0.15) is 0 Å². The molecule has 5 heteroatoms. The highest BCUT2D eigenvalue weighted by Gasteiger charge is 2.34. The number of carbonyl (C=O) groups excluding carboxylic acids is 1. The van der Waals surface area contributed by atoms with Crippen LogP contribution in [0.3, 0.4) is 0 Å². The van der Waals surface area contributed by atoms with Crippen molar-refractivity contribution in [2.75, 3.05) is 6.61 Å². The summed E-state index contributed by atoms with van der Waals surface area (Å²) in [5.41, 5.74) is -1.68. The first kappa shape index (κ1) is 16.8. The van der Waals surface area contributed by atoms with Crippen molar-refractivity contribution < 1.29 is 14.6 Å². The summed E-state index contributed by atoms with van der Waals surface area (Å²) in [6, 6.07) is 6.83. The molecule has 0 fully saturated rings. The Kier molecular flexibility index (Phi) is 5.42. The van der Waals surface area contributed by atoms with E-state index in [0.717, 1.165) is 0 Å². The molecule has 0 saturated heterocycles. The average molecular weight is 300 g/mol. The van der Waals surface area contributed by atoms with Crippen LogP contribution in [0.5, 0.6) is 5.75 Å². The van der Waals surface area contributed by atoms with Crippen LogP contribution in [0.1, 0.15) is 34.1 Å². The van der Waals surface area contributed by atoms with E-state index in [0.29, 0.717) is 17.2 Å². The highest BCUT2D eigenvalue weighted by molar-refractivity contribution is 6.30. The minimum absolute atomic E-state index is 0.119. The molecule has 1 atom stereocenters. The van der Waals surface area contributed by atoms with Crippen LogP contribution in [-0.4, -0.2) is 28.8 Å². The molecular formula is C15H22ClNO3. The molecule has 0 aliphatic carbocycles. The number of carbonyl (C=O) groups is 1. The Labute approximate surface area is 125 Å². The molecule has 112 valence electrons. The lowest BCUT2D eigenvalue weighted by molar-refractivity contribution is -0.136. The van der Waals surface area contributed by atoms with Crippen LogP contribution in [0.25, 0.3) is 0 Å². The van der Waals surface area contributed by atoms with E-state index in [1.165, 1.54) is 0 Å². The van der Waals surface area contributed by atoms with Crippen molar-refractivity contribution in [3.05, 3.63) is 29.3 Å². The van der Waals surface area contributed by atoms with Crippen LogP contribution in [0.4, 0.5) is 0 Å². The number of aliphatic hydroxyl groups is 1. The van der Waals surface area contributed by atoms with Gasteiger partial charge in [-0.25, -0.2) is 0 Å². The largest absolute Gasteiger partial charge is 0.478 e. The molecule has 20 heavy (non-hydrogen) atoms. The third-order valence-corrected chi connectivity index (χ3v) is 3.53. The van der Waals surface area contributed by atoms with Gasteiger partial charge < -0.3 is 15.2 Å². The Hall–Kier alpha value is -1.26. The van der Waals surface area contributed by atoms with E-state index in [2.05, 4.69) is 5.32 Å². The van der Waals surface area contributed by atoms with Gasteiger partial charge in [0.1, 0.15) is 5.75 Å². The van der Waals surface area contributed by atoms with Crippen molar-refractivity contribution in [2.45, 2.75) is 45.3 Å². The summed E-state index contributed by atoms with van der Waals surface area (Å²) in [4.78, 5) is 12.3. The lowest BCUT2D eigenvalue weighted by Crippen LogP contribution is -2.56. The van der Waals surface area contributed by atoms with Crippen LogP contribution < -0.4 is 10.1 Å². The molecule has 1 aromatic carbocycles. The number of aliphatic hydroxyl groups excluding tert-OH is 1. The molecule has 1 rings (SSSR count). The van der Waals surface area contributed by atoms with Gasteiger partial charge in [-0.3, -0.25) is 4.79 Å². The summed E-state index contributed by atoms with van der Waals surface area (Å²) >= 11 is 5.81. The monoisotopic (exact) mass is 299 g/mol. The van der Waals surface area contributed by atoms with Gasteiger partial charge in [0.2, 0.25) is 0 Å². The minimum atomic E-state index is -1.04. The quantitative estimate of drug-likeness (QED) is 0.849. The Morgan fingerprint density at radius 1 is 1.30 bits per heavy atom. The molecule has 0 heterocycles. The molecule has 0 saturated carbocycles. The second-order valence-corrected chi connectivity index (χ2v) is 6.03. The summed E-state index contributed by atoms with van der Waals surface area (Å²) in [6.07, 6.45) is 0.631. The molecule has 4 nitrogen and oxygen atoms in total. The van der Waals surface area contributed by atoms with Crippen LogP contribution >= 0.6 is 11.6 Å². The first-order chi connectivity index (χ1) is 9.22. The first-order valence-corrected chi connectivity index (χ1v) is 6.98. The number of ether oxygens (including phenoxy) is 1. The summed E-state index contributed by atoms with van der Waals surface area (Å²) in [6.45, 7) is 6.95. The maximum absolute atomic E-state index is 12.3. The van der Waals surface area contributed by atoms with Gasteiger partial charge in [-0.15, -0.1) is 0 Å². The van der Waals surface area contributed by atoms with Crippen molar-refractivity contribution in [2.24, 2.45) is 0 Å². The molecule has 1 unspecified atom stereocenters. The Bertz CT molecular complexity index is 453. The van der Waals surface area contributed by atoms with Gasteiger partial charge in [0.25, 0.3) is 5.91 Å². The van der Waals surface area contributed by atoms with E-state index in [4.69, 9.17) is 16.3 Å². The van der Waals surface area contributed by atoms with Gasteiger partial charge >= 0.3 is 0 Å². The van der Waals surface area contributed by atoms with Crippen LogP contribution in [0.15, 0.2) is 24.3 Å². The fourth-order valence-electron chi connectivity index (χ4n) is 1.51. The van der Waals surface area contributed by atoms with Crippen molar-refractivity contribution in [3.63, 3.8) is 0 Å². The normalized spacial score (nSPS) is 14.5. The zero-order chi connectivity index (χ0) is 15.4. The second kappa shape index (κ2) is 6.46. The Balaban J connectivity index is 2.77. The van der Waals surface area contributed by atoms with E-state index < -0.39 is 11.1 Å². The first-order valence-electron chi connectivity index (χ1n) is 6.60. The zero-order valence-electron chi connectivity index (χ0n) is 12.4. The van der Waals surface area contributed by atoms with E-state index in [-0.39, 0.29) is 12.5 Å². The van der Waals surface area contributed by atoms with Crippen LogP contribution in [0.2, 0.25) is 5.02 Å². The predicted molar refractivity (Wildman–Crippen MR) is 80.1 cm³/mol. The summed E-state index contributed by atoms with van der Waals surface area (Å²) < 4.78 is 5.70. The number of nitrogens with one attached hydrogen (secondary N) is 1. The third kappa shape index (κ3) is 4.39. The molecule has 1 aromatic rings. The Morgan fingerprint density at radius 2 is 1.85 bits per heavy atom. The van der Waals surface area contributed by atoms with E-state index in [1.54, 1.807) is 45.0 Å². The van der Waals surface area contributed by atoms with Gasteiger partial charge in [0.05, 0.1) is 12.1 Å². The fraction of sp³-hybridized carbons (Fsp3) is 0.533. The number of rotatable bonds is 6. The van der Waals surface area contributed by atoms with Gasteiger partial charge in [-0.1, -0.05) is 18.5 Å². The number of amides is 1. The van der Waals surface area contributed by atoms with E-state index >= 15 is 0 Å². The fourth-order valence-corrected chi connectivity index (χ4v) is 1.63. The molecule has 2 N–H and O–H groups in total. The molecule has 0 radical (unpaired) electrons. The predicted octanol–water partition coefficient (Wildman–Crippen LogP) is 2.77. The topological polar surface area (TPSA) is 58.6 Å². The zero-order valence-corrected chi connectivity index (χ0v) is 13.1. The Morgan fingerprint density at radius 3 is 2.30 bits per heavy atom. The second-order valence-electron chi connectivity index (χ2n) is 5.59. The highest BCUT2D eigenvalue weighted by Crippen LogP contribution is 2.22. The summed E-state index contributed by atoms with van der Waals surface area (Å²) in [5.74, 6) is 0.294. The summed E-state index contributed by atoms with van der Waals surface area (Å²) in [7, 11) is 0. The van der Waals surface area contributed by atoms with E-state index in [1.807, 2.05) is 6.92 Å². The van der Waals surface area contributed by atoms with Gasteiger partial charge in [0, 0.05) is 5.02 Å². The maximum atomic E-state index is 12.3. The van der Waals surface area contributed by atoms with Crippen LogP contribution in [0, 0.1) is 0 Å². The summed E-state index contributed by atoms with van der Waals surface area (Å²) in [5, 5.41) is 12.8. The molecule has 0 aromatic heterocycles. The number of hydrogen-bond donors (Lipinski definition) is 2. The van der Waals surface area contributed by atoms with Gasteiger partial charge in [0.15, 0.2) is 5.60 Å². The molecule has 0 bridgehead atoms. The molecular weight excluding hydrogens is 278 g/mol. The lowest BCUT2D eigenvalue weighted by Gasteiger charge is -2.33. The molecule has 0 aliphatic rings. The number of benzene rings is 1. The number of halogens is 1. The van der Waals surface area contributed by atoms with Crippen molar-refractivity contribution >= 4 is 17.5 Å². The molecule has 0 spiro atoms. The smallest absolute Gasteiger partial charge is 0.264 e. The van der Waals surface area contributed by atoms with Crippen molar-refractivity contribution in [1.82, 2.24) is 5.32 Å². The maximum Gasteiger partial charge on any atom is 0.264 e. The van der Waals surface area contributed by atoms with Crippen molar-refractivity contribution in [3.8, 4) is 5.75 Å². The lowest BCUT2D eigenvalue weighted by atomic mass is 9.98.